The van der Waals surface area contributed by atoms with E-state index in [-0.39, 0.29) is 17.9 Å². The Bertz CT molecular complexity index is 436. The van der Waals surface area contributed by atoms with Gasteiger partial charge in [-0.15, -0.1) is 0 Å². The lowest BCUT2D eigenvalue weighted by Crippen LogP contribution is -2.35. The van der Waals surface area contributed by atoms with Crippen molar-refractivity contribution in [3.8, 4) is 0 Å². The predicted octanol–water partition coefficient (Wildman–Crippen LogP) is 2.37. The topological polar surface area (TPSA) is 41.1 Å². The van der Waals surface area contributed by atoms with E-state index in [1.165, 1.54) is 0 Å². The zero-order chi connectivity index (χ0) is 13.1. The maximum Gasteiger partial charge on any atom is 0.225 e. The van der Waals surface area contributed by atoms with Crippen LogP contribution < -0.4 is 10.6 Å². The van der Waals surface area contributed by atoms with E-state index in [0.717, 1.165) is 18.7 Å². The second-order valence-corrected chi connectivity index (χ2v) is 5.46. The zero-order valence-corrected chi connectivity index (χ0v) is 11.5. The van der Waals surface area contributed by atoms with Crippen molar-refractivity contribution in [2.45, 2.75) is 19.9 Å². The van der Waals surface area contributed by atoms with Gasteiger partial charge in [-0.1, -0.05) is 30.7 Å². The van der Waals surface area contributed by atoms with Crippen molar-refractivity contribution in [1.82, 2.24) is 10.6 Å². The molecule has 1 fully saturated rings. The van der Waals surface area contributed by atoms with E-state index in [9.17, 15) is 4.79 Å². The van der Waals surface area contributed by atoms with Crippen LogP contribution in [0.1, 0.15) is 25.5 Å². The first-order valence-corrected chi connectivity index (χ1v) is 6.72. The second kappa shape index (κ2) is 5.72. The molecule has 3 nitrogen and oxygen atoms in total. The van der Waals surface area contributed by atoms with Crippen LogP contribution in [-0.2, 0) is 4.79 Å². The molecule has 0 aliphatic carbocycles. The monoisotopic (exact) mass is 266 g/mol. The van der Waals surface area contributed by atoms with Crippen molar-refractivity contribution in [3.05, 3.63) is 34.9 Å². The Hall–Kier alpha value is -1.06. The number of carbonyl (C=O) groups excluding carboxylic acids is 1. The lowest BCUT2D eigenvalue weighted by atomic mass is 9.96. The van der Waals surface area contributed by atoms with Gasteiger partial charge in [0.2, 0.25) is 5.91 Å². The van der Waals surface area contributed by atoms with Gasteiger partial charge in [0.15, 0.2) is 0 Å². The smallest absolute Gasteiger partial charge is 0.225 e. The van der Waals surface area contributed by atoms with Crippen molar-refractivity contribution < 1.29 is 4.79 Å². The summed E-state index contributed by atoms with van der Waals surface area (Å²) < 4.78 is 0. The summed E-state index contributed by atoms with van der Waals surface area (Å²) in [5, 5.41) is 7.00. The first-order chi connectivity index (χ1) is 8.58. The van der Waals surface area contributed by atoms with Gasteiger partial charge in [-0.2, -0.15) is 0 Å². The number of rotatable bonds is 3. The van der Waals surface area contributed by atoms with E-state index in [2.05, 4.69) is 17.6 Å². The SMILES string of the molecule is C[C@H](NC(=O)[C@@H]1CNC[C@H]1C)c1cccc(Cl)c1. The number of amides is 1. The molecule has 0 bridgehead atoms. The van der Waals surface area contributed by atoms with Crippen LogP contribution in [0.25, 0.3) is 0 Å². The third-order valence-electron chi connectivity index (χ3n) is 3.56. The van der Waals surface area contributed by atoms with Gasteiger partial charge >= 0.3 is 0 Å². The number of nitrogens with one attached hydrogen (secondary N) is 2. The normalized spacial score (nSPS) is 24.8. The zero-order valence-electron chi connectivity index (χ0n) is 10.7. The molecule has 0 saturated carbocycles. The minimum Gasteiger partial charge on any atom is -0.349 e. The minimum absolute atomic E-state index is 0.0102. The summed E-state index contributed by atoms with van der Waals surface area (Å²) in [6.45, 7) is 5.78. The predicted molar refractivity (Wildman–Crippen MR) is 73.5 cm³/mol. The van der Waals surface area contributed by atoms with Crippen molar-refractivity contribution in [2.75, 3.05) is 13.1 Å². The highest BCUT2D eigenvalue weighted by Gasteiger charge is 2.30. The first-order valence-electron chi connectivity index (χ1n) is 6.34. The van der Waals surface area contributed by atoms with Crippen LogP contribution in [0.2, 0.25) is 5.02 Å². The molecule has 3 atom stereocenters. The van der Waals surface area contributed by atoms with Gasteiger partial charge in [-0.3, -0.25) is 4.79 Å². The first kappa shape index (κ1) is 13.4. The Kier molecular flexibility index (Phi) is 4.25. The summed E-state index contributed by atoms with van der Waals surface area (Å²) in [6.07, 6.45) is 0. The van der Waals surface area contributed by atoms with Gasteiger partial charge in [0.05, 0.1) is 12.0 Å². The van der Waals surface area contributed by atoms with Gasteiger partial charge in [-0.05, 0) is 37.1 Å². The Morgan fingerprint density at radius 1 is 1.50 bits per heavy atom. The molecule has 0 spiro atoms. The largest absolute Gasteiger partial charge is 0.349 e. The second-order valence-electron chi connectivity index (χ2n) is 5.03. The average Bonchev–Trinajstić information content (AvgIpc) is 2.75. The van der Waals surface area contributed by atoms with Crippen LogP contribution in [0, 0.1) is 11.8 Å². The van der Waals surface area contributed by atoms with Gasteiger partial charge < -0.3 is 10.6 Å². The van der Waals surface area contributed by atoms with Crippen molar-refractivity contribution in [3.63, 3.8) is 0 Å². The molecule has 0 radical (unpaired) electrons. The fraction of sp³-hybridized carbons (Fsp3) is 0.500. The molecule has 98 valence electrons. The van der Waals surface area contributed by atoms with E-state index in [1.54, 1.807) is 0 Å². The average molecular weight is 267 g/mol. The van der Waals surface area contributed by atoms with Crippen LogP contribution in [0.4, 0.5) is 0 Å². The Morgan fingerprint density at radius 3 is 2.89 bits per heavy atom. The molecule has 1 aromatic carbocycles. The summed E-state index contributed by atoms with van der Waals surface area (Å²) in [4.78, 5) is 12.1. The van der Waals surface area contributed by atoms with E-state index in [0.29, 0.717) is 10.9 Å². The van der Waals surface area contributed by atoms with Gasteiger partial charge in [0, 0.05) is 11.6 Å². The summed E-state index contributed by atoms with van der Waals surface area (Å²) in [7, 11) is 0. The van der Waals surface area contributed by atoms with Crippen molar-refractivity contribution >= 4 is 17.5 Å². The Morgan fingerprint density at radius 2 is 2.28 bits per heavy atom. The van der Waals surface area contributed by atoms with Crippen molar-refractivity contribution in [1.29, 1.82) is 0 Å². The molecule has 18 heavy (non-hydrogen) atoms. The van der Waals surface area contributed by atoms with Gasteiger partial charge in [-0.25, -0.2) is 0 Å². The third-order valence-corrected chi connectivity index (χ3v) is 3.80. The number of carbonyl (C=O) groups is 1. The molecule has 2 rings (SSSR count). The molecule has 1 heterocycles. The standard InChI is InChI=1S/C14H19ClN2O/c1-9-7-16-8-13(9)14(18)17-10(2)11-4-3-5-12(15)6-11/h3-6,9-10,13,16H,7-8H2,1-2H3,(H,17,18)/t9-,10+,13-/m1/s1. The van der Waals surface area contributed by atoms with Gasteiger partial charge in [0.25, 0.3) is 0 Å². The molecular formula is C14H19ClN2O. The maximum atomic E-state index is 12.1. The van der Waals surface area contributed by atoms with E-state index in [4.69, 9.17) is 11.6 Å². The highest BCUT2D eigenvalue weighted by molar-refractivity contribution is 6.30. The summed E-state index contributed by atoms with van der Waals surface area (Å²) in [5.41, 5.74) is 1.04. The van der Waals surface area contributed by atoms with Crippen LogP contribution >= 0.6 is 11.6 Å². The van der Waals surface area contributed by atoms with Crippen LogP contribution in [0.5, 0.6) is 0 Å². The molecule has 1 saturated heterocycles. The van der Waals surface area contributed by atoms with Gasteiger partial charge in [0.1, 0.15) is 0 Å². The molecule has 1 aromatic rings. The quantitative estimate of drug-likeness (QED) is 0.882. The third kappa shape index (κ3) is 3.03. The van der Waals surface area contributed by atoms with E-state index in [1.807, 2.05) is 31.2 Å². The molecule has 1 aliphatic rings. The highest BCUT2D eigenvalue weighted by Crippen LogP contribution is 2.20. The number of hydrogen-bond acceptors (Lipinski definition) is 2. The van der Waals surface area contributed by atoms with Crippen LogP contribution in [-0.4, -0.2) is 19.0 Å². The highest BCUT2D eigenvalue weighted by atomic mass is 35.5. The van der Waals surface area contributed by atoms with E-state index >= 15 is 0 Å². The van der Waals surface area contributed by atoms with Crippen LogP contribution in [0.15, 0.2) is 24.3 Å². The molecule has 1 amide bonds. The Balaban J connectivity index is 1.98. The number of hydrogen-bond donors (Lipinski definition) is 2. The molecule has 4 heteroatoms. The minimum atomic E-state index is -0.0102. The lowest BCUT2D eigenvalue weighted by molar-refractivity contribution is -0.126. The molecule has 2 N–H and O–H groups in total. The molecular weight excluding hydrogens is 248 g/mol. The summed E-state index contributed by atoms with van der Waals surface area (Å²) >= 11 is 5.95. The number of benzene rings is 1. The van der Waals surface area contributed by atoms with Crippen molar-refractivity contribution in [2.24, 2.45) is 11.8 Å². The molecule has 0 unspecified atom stereocenters. The maximum absolute atomic E-state index is 12.1. The summed E-state index contributed by atoms with van der Waals surface area (Å²) in [6, 6.07) is 7.60. The number of halogens is 1. The molecule has 1 aliphatic heterocycles. The lowest BCUT2D eigenvalue weighted by Gasteiger charge is -2.19. The summed E-state index contributed by atoms with van der Waals surface area (Å²) in [5.74, 6) is 0.600. The van der Waals surface area contributed by atoms with E-state index < -0.39 is 0 Å². The Labute approximate surface area is 113 Å². The fourth-order valence-corrected chi connectivity index (χ4v) is 2.54. The fourth-order valence-electron chi connectivity index (χ4n) is 2.34. The van der Waals surface area contributed by atoms with Crippen LogP contribution in [0.3, 0.4) is 0 Å². The molecule has 0 aromatic heterocycles.